The molecule has 2 N–H and O–H groups in total. The maximum atomic E-state index is 10.4. The lowest BCUT2D eigenvalue weighted by Gasteiger charge is -2.09. The topological polar surface area (TPSA) is 111 Å². The standard InChI is InChI=1S/C15H12IN3O2.C15H12IN3O/c1-21-15-13(11(16)7-8-17-15)14-18-9-12(19(14)20)10-5-3-2-4-6-10;1-20-15-13(11(16)7-8-17-15)14-18-9-12(19-14)10-5-3-2-4-6-10/h2-9,20H,1H3;2-9H,1H3,(H,18,19). The number of hydrogen-bond acceptors (Lipinski definition) is 7. The van der Waals surface area contributed by atoms with Crippen LogP contribution in [0.4, 0.5) is 0 Å². The predicted molar refractivity (Wildman–Crippen MR) is 174 cm³/mol. The molecule has 206 valence electrons. The molecule has 0 saturated carbocycles. The minimum atomic E-state index is 0.406. The normalized spacial score (nSPS) is 10.5. The van der Waals surface area contributed by atoms with Gasteiger partial charge in [-0.1, -0.05) is 60.7 Å². The second kappa shape index (κ2) is 13.1. The number of halogens is 2. The molecule has 0 unspecified atom stereocenters. The van der Waals surface area contributed by atoms with Crippen molar-refractivity contribution in [2.45, 2.75) is 0 Å². The first-order valence-electron chi connectivity index (χ1n) is 12.3. The third kappa shape index (κ3) is 6.20. The lowest BCUT2D eigenvalue weighted by molar-refractivity contribution is 0.195. The summed E-state index contributed by atoms with van der Waals surface area (Å²) in [7, 11) is 3.16. The SMILES string of the molecule is COc1nccc(I)c1-c1ncc(-c2ccccc2)[nH]1.COc1nccc(I)c1-c1ncc(-c2ccccc2)n1O. The van der Waals surface area contributed by atoms with Crippen LogP contribution in [-0.4, -0.2) is 49.1 Å². The smallest absolute Gasteiger partial charge is 0.225 e. The Morgan fingerprint density at radius 3 is 1.85 bits per heavy atom. The molecule has 0 fully saturated rings. The number of nitrogens with zero attached hydrogens (tertiary/aromatic N) is 5. The predicted octanol–water partition coefficient (Wildman–Crippen LogP) is 7.21. The molecule has 6 aromatic rings. The Kier molecular flexibility index (Phi) is 9.14. The second-order valence-electron chi connectivity index (χ2n) is 8.51. The Labute approximate surface area is 263 Å². The minimum absolute atomic E-state index is 0.406. The van der Waals surface area contributed by atoms with Gasteiger partial charge in [-0.25, -0.2) is 19.9 Å². The molecule has 0 aliphatic heterocycles. The van der Waals surface area contributed by atoms with Gasteiger partial charge < -0.3 is 19.7 Å². The van der Waals surface area contributed by atoms with E-state index in [4.69, 9.17) is 9.47 Å². The van der Waals surface area contributed by atoms with E-state index in [1.807, 2.05) is 79.0 Å². The Morgan fingerprint density at radius 2 is 1.24 bits per heavy atom. The fourth-order valence-electron chi connectivity index (χ4n) is 4.10. The van der Waals surface area contributed by atoms with E-state index in [0.29, 0.717) is 28.8 Å². The fraction of sp³-hybridized carbons (Fsp3) is 0.0667. The third-order valence-electron chi connectivity index (χ3n) is 6.05. The molecule has 9 nitrogen and oxygen atoms in total. The minimum Gasteiger partial charge on any atom is -0.480 e. The molecule has 0 radical (unpaired) electrons. The quantitative estimate of drug-likeness (QED) is 0.136. The van der Waals surface area contributed by atoms with Crippen molar-refractivity contribution >= 4 is 45.2 Å². The van der Waals surface area contributed by atoms with Crippen LogP contribution >= 0.6 is 45.2 Å². The molecule has 41 heavy (non-hydrogen) atoms. The first-order chi connectivity index (χ1) is 20.0. The molecule has 0 atom stereocenters. The van der Waals surface area contributed by atoms with Gasteiger partial charge in [-0.3, -0.25) is 0 Å². The molecule has 0 saturated heterocycles. The molecule has 4 heterocycles. The van der Waals surface area contributed by atoms with Gasteiger partial charge in [0.15, 0.2) is 5.82 Å². The van der Waals surface area contributed by atoms with Crippen molar-refractivity contribution in [3.05, 3.63) is 105 Å². The van der Waals surface area contributed by atoms with Crippen molar-refractivity contribution < 1.29 is 14.7 Å². The van der Waals surface area contributed by atoms with E-state index in [-0.39, 0.29) is 0 Å². The molecule has 0 bridgehead atoms. The summed E-state index contributed by atoms with van der Waals surface area (Å²) >= 11 is 4.43. The Morgan fingerprint density at radius 1 is 0.683 bits per heavy atom. The number of rotatable bonds is 6. The molecule has 0 amide bonds. The van der Waals surface area contributed by atoms with Crippen LogP contribution in [0.15, 0.2) is 97.6 Å². The molecular formula is C30H24I2N6O3. The third-order valence-corrected chi connectivity index (χ3v) is 7.84. The zero-order valence-corrected chi connectivity index (χ0v) is 26.3. The highest BCUT2D eigenvalue weighted by Crippen LogP contribution is 2.34. The van der Waals surface area contributed by atoms with Crippen LogP contribution in [0.1, 0.15) is 0 Å². The number of nitrogens with one attached hydrogen (secondary N) is 1. The number of pyridine rings is 2. The summed E-state index contributed by atoms with van der Waals surface area (Å²) in [6, 6.07) is 23.5. The zero-order valence-electron chi connectivity index (χ0n) is 22.0. The fourth-order valence-corrected chi connectivity index (χ4v) is 5.38. The average molecular weight is 770 g/mol. The van der Waals surface area contributed by atoms with Crippen LogP contribution in [0.3, 0.4) is 0 Å². The van der Waals surface area contributed by atoms with E-state index >= 15 is 0 Å². The molecule has 11 heteroatoms. The highest BCUT2D eigenvalue weighted by atomic mass is 127. The van der Waals surface area contributed by atoms with Crippen LogP contribution in [0.2, 0.25) is 0 Å². The first-order valence-corrected chi connectivity index (χ1v) is 14.5. The van der Waals surface area contributed by atoms with Crippen LogP contribution in [-0.2, 0) is 0 Å². The zero-order chi connectivity index (χ0) is 28.8. The summed E-state index contributed by atoms with van der Waals surface area (Å²) in [5.74, 6) is 2.18. The van der Waals surface area contributed by atoms with E-state index < -0.39 is 0 Å². The van der Waals surface area contributed by atoms with Crippen molar-refractivity contribution in [3.8, 4) is 57.1 Å². The Bertz CT molecular complexity index is 1760. The number of hydrogen-bond donors (Lipinski definition) is 2. The van der Waals surface area contributed by atoms with Gasteiger partial charge in [0.1, 0.15) is 11.5 Å². The van der Waals surface area contributed by atoms with E-state index in [1.165, 1.54) is 0 Å². The number of methoxy groups -OCH3 is 2. The van der Waals surface area contributed by atoms with Gasteiger partial charge in [-0.15, -0.1) is 0 Å². The van der Waals surface area contributed by atoms with Gasteiger partial charge in [0, 0.05) is 25.1 Å². The number of aromatic amines is 1. The van der Waals surface area contributed by atoms with Crippen LogP contribution in [0.5, 0.6) is 11.8 Å². The van der Waals surface area contributed by atoms with Gasteiger partial charge in [0.2, 0.25) is 11.8 Å². The van der Waals surface area contributed by atoms with Crippen molar-refractivity contribution in [2.75, 3.05) is 14.2 Å². The number of imidazole rings is 2. The number of ether oxygens (including phenoxy) is 2. The van der Waals surface area contributed by atoms with Gasteiger partial charge in [0.25, 0.3) is 0 Å². The highest BCUT2D eigenvalue weighted by molar-refractivity contribution is 14.1. The summed E-state index contributed by atoms with van der Waals surface area (Å²) < 4.78 is 13.6. The average Bonchev–Trinajstić information content (AvgIpc) is 3.65. The van der Waals surface area contributed by atoms with Crippen LogP contribution in [0, 0.1) is 7.14 Å². The van der Waals surface area contributed by atoms with Crippen molar-refractivity contribution in [1.82, 2.24) is 29.7 Å². The van der Waals surface area contributed by atoms with Crippen molar-refractivity contribution in [3.63, 3.8) is 0 Å². The van der Waals surface area contributed by atoms with E-state index in [9.17, 15) is 5.21 Å². The molecule has 0 aliphatic rings. The van der Waals surface area contributed by atoms with Gasteiger partial charge in [0.05, 0.1) is 43.4 Å². The van der Waals surface area contributed by atoms with E-state index in [1.54, 1.807) is 32.8 Å². The molecule has 2 aromatic carbocycles. The number of H-pyrrole nitrogens is 1. The molecule has 6 rings (SSSR count). The first kappa shape index (κ1) is 28.5. The maximum Gasteiger partial charge on any atom is 0.225 e. The van der Waals surface area contributed by atoms with Gasteiger partial charge in [-0.2, -0.15) is 4.73 Å². The van der Waals surface area contributed by atoms with Crippen LogP contribution < -0.4 is 9.47 Å². The molecule has 0 spiro atoms. The number of aromatic nitrogens is 6. The van der Waals surface area contributed by atoms with Crippen molar-refractivity contribution in [1.29, 1.82) is 0 Å². The summed E-state index contributed by atoms with van der Waals surface area (Å²) in [6.45, 7) is 0. The molecular weight excluding hydrogens is 746 g/mol. The van der Waals surface area contributed by atoms with E-state index in [2.05, 4.69) is 70.1 Å². The van der Waals surface area contributed by atoms with Crippen LogP contribution in [0.25, 0.3) is 45.3 Å². The van der Waals surface area contributed by atoms with Gasteiger partial charge in [-0.05, 0) is 62.9 Å². The van der Waals surface area contributed by atoms with E-state index in [0.717, 1.165) is 40.1 Å². The van der Waals surface area contributed by atoms with Gasteiger partial charge >= 0.3 is 0 Å². The second-order valence-corrected chi connectivity index (χ2v) is 10.8. The lowest BCUT2D eigenvalue weighted by Crippen LogP contribution is -2.01. The lowest BCUT2D eigenvalue weighted by atomic mass is 10.2. The summed E-state index contributed by atoms with van der Waals surface area (Å²) in [5, 5.41) is 10.4. The summed E-state index contributed by atoms with van der Waals surface area (Å²) in [6.07, 6.45) is 6.85. The Hall–Kier alpha value is -3.98. The monoisotopic (exact) mass is 770 g/mol. The number of benzene rings is 2. The molecule has 4 aromatic heterocycles. The summed E-state index contributed by atoms with van der Waals surface area (Å²) in [4.78, 5) is 20.5. The largest absolute Gasteiger partial charge is 0.480 e. The van der Waals surface area contributed by atoms with Crippen molar-refractivity contribution in [2.24, 2.45) is 0 Å². The maximum absolute atomic E-state index is 10.4. The summed E-state index contributed by atoms with van der Waals surface area (Å²) in [5.41, 5.74) is 5.14. The Balaban J connectivity index is 0.000000165. The highest BCUT2D eigenvalue weighted by Gasteiger charge is 2.20. The molecule has 0 aliphatic carbocycles.